The summed E-state index contributed by atoms with van der Waals surface area (Å²) < 4.78 is 9.25. The first-order valence-corrected chi connectivity index (χ1v) is 14.1. The average molecular weight is 538 g/mol. The normalized spacial score (nSPS) is 11.8. The lowest BCUT2D eigenvalue weighted by molar-refractivity contribution is 0.674. The Hall–Kier alpha value is -5.74. The van der Waals surface area contributed by atoms with Gasteiger partial charge in [0.25, 0.3) is 0 Å². The van der Waals surface area contributed by atoms with Gasteiger partial charge in [0.15, 0.2) is 5.82 Å². The summed E-state index contributed by atoms with van der Waals surface area (Å²) in [4.78, 5) is 10.1. The van der Waals surface area contributed by atoms with Gasteiger partial charge in [-0.3, -0.25) is 0 Å². The van der Waals surface area contributed by atoms with Crippen LogP contribution in [0.2, 0.25) is 0 Å². The molecule has 42 heavy (non-hydrogen) atoms. The number of rotatable bonds is 3. The first-order valence-electron chi connectivity index (χ1n) is 14.1. The van der Waals surface area contributed by atoms with Crippen molar-refractivity contribution in [3.05, 3.63) is 140 Å². The van der Waals surface area contributed by atoms with E-state index in [1.165, 1.54) is 5.39 Å². The zero-order chi connectivity index (χ0) is 27.6. The maximum Gasteiger partial charge on any atom is 0.160 e. The summed E-state index contributed by atoms with van der Waals surface area (Å²) in [5.41, 5.74) is 8.84. The zero-order valence-electron chi connectivity index (χ0n) is 22.5. The molecule has 3 heterocycles. The van der Waals surface area contributed by atoms with Crippen LogP contribution in [0.15, 0.2) is 144 Å². The van der Waals surface area contributed by atoms with E-state index in [0.717, 1.165) is 71.8 Å². The number of furan rings is 1. The second kappa shape index (κ2) is 8.88. The van der Waals surface area contributed by atoms with Crippen molar-refractivity contribution in [1.29, 1.82) is 0 Å². The van der Waals surface area contributed by atoms with Gasteiger partial charge in [0.1, 0.15) is 11.2 Å². The third kappa shape index (κ3) is 3.29. The highest BCUT2D eigenvalue weighted by atomic mass is 16.3. The largest absolute Gasteiger partial charge is 0.455 e. The summed E-state index contributed by atoms with van der Waals surface area (Å²) in [5.74, 6) is 0.700. The minimum absolute atomic E-state index is 0.700. The summed E-state index contributed by atoms with van der Waals surface area (Å²) in [6.07, 6.45) is 0. The van der Waals surface area contributed by atoms with Crippen molar-refractivity contribution in [2.75, 3.05) is 0 Å². The Morgan fingerprint density at radius 2 is 1.17 bits per heavy atom. The van der Waals surface area contributed by atoms with E-state index in [0.29, 0.717) is 5.82 Å². The lowest BCUT2D eigenvalue weighted by Crippen LogP contribution is -1.95. The van der Waals surface area contributed by atoms with Gasteiger partial charge in [0, 0.05) is 38.4 Å². The van der Waals surface area contributed by atoms with E-state index < -0.39 is 0 Å². The Morgan fingerprint density at radius 3 is 2.02 bits per heavy atom. The molecule has 4 nitrogen and oxygen atoms in total. The molecule has 0 aliphatic heterocycles. The van der Waals surface area contributed by atoms with E-state index in [4.69, 9.17) is 14.4 Å². The molecule has 0 radical (unpaired) electrons. The van der Waals surface area contributed by atoms with E-state index in [-0.39, 0.29) is 0 Å². The molecule has 4 heteroatoms. The monoisotopic (exact) mass is 537 g/mol. The minimum atomic E-state index is 0.700. The third-order valence-corrected chi connectivity index (χ3v) is 8.20. The van der Waals surface area contributed by atoms with Crippen molar-refractivity contribution in [2.24, 2.45) is 0 Å². The highest BCUT2D eigenvalue weighted by Gasteiger charge is 2.21. The molecule has 0 unspecified atom stereocenters. The number of para-hydroxylation sites is 4. The predicted molar refractivity (Wildman–Crippen MR) is 172 cm³/mol. The number of hydrogen-bond acceptors (Lipinski definition) is 3. The number of aromatic nitrogens is 3. The van der Waals surface area contributed by atoms with Crippen LogP contribution in [0.1, 0.15) is 0 Å². The topological polar surface area (TPSA) is 43.9 Å². The van der Waals surface area contributed by atoms with E-state index in [1.807, 2.05) is 36.4 Å². The summed E-state index contributed by atoms with van der Waals surface area (Å²) >= 11 is 0. The van der Waals surface area contributed by atoms with Crippen LogP contribution < -0.4 is 0 Å². The molecule has 0 amide bonds. The Labute approximate surface area is 241 Å². The standard InChI is InChI=1S/C38H23N3O/c1-3-12-24(13-4-1)38-39-31-20-9-7-16-28(31)35(40-38)30-19-11-18-26-27-22-23-33-34(37(27)42-36(26)30)29-17-8-10-21-32(29)41(33)25-14-5-2-6-15-25/h1-23H. The number of fused-ring (bicyclic) bond motifs is 8. The highest BCUT2D eigenvalue weighted by Crippen LogP contribution is 2.43. The molecule has 6 aromatic carbocycles. The van der Waals surface area contributed by atoms with E-state index >= 15 is 0 Å². The lowest BCUT2D eigenvalue weighted by Gasteiger charge is -2.09. The van der Waals surface area contributed by atoms with Gasteiger partial charge in [0.2, 0.25) is 0 Å². The lowest BCUT2D eigenvalue weighted by atomic mass is 10.0. The molecular formula is C38H23N3O. The SMILES string of the molecule is c1ccc(-c2nc(-c3cccc4c3oc3c4ccc4c3c3ccccc3n4-c3ccccc3)c3ccccc3n2)cc1. The molecule has 0 aliphatic rings. The molecule has 3 aromatic heterocycles. The van der Waals surface area contributed by atoms with Crippen molar-refractivity contribution >= 4 is 54.6 Å². The number of hydrogen-bond donors (Lipinski definition) is 0. The van der Waals surface area contributed by atoms with Crippen molar-refractivity contribution in [3.8, 4) is 28.3 Å². The fourth-order valence-electron chi connectivity index (χ4n) is 6.35. The van der Waals surface area contributed by atoms with Crippen LogP contribution in [-0.4, -0.2) is 14.5 Å². The molecule has 9 aromatic rings. The molecule has 0 saturated carbocycles. The second-order valence-electron chi connectivity index (χ2n) is 10.6. The van der Waals surface area contributed by atoms with Crippen LogP contribution in [0.5, 0.6) is 0 Å². The number of benzene rings is 6. The summed E-state index contributed by atoms with van der Waals surface area (Å²) in [6.45, 7) is 0. The first kappa shape index (κ1) is 23.0. The molecule has 0 fully saturated rings. The molecular weight excluding hydrogens is 514 g/mol. The van der Waals surface area contributed by atoms with Crippen LogP contribution in [0.4, 0.5) is 0 Å². The Morgan fingerprint density at radius 1 is 0.476 bits per heavy atom. The summed E-state index contributed by atoms with van der Waals surface area (Å²) in [5, 5.41) is 5.45. The summed E-state index contributed by atoms with van der Waals surface area (Å²) in [6, 6.07) is 48.2. The average Bonchev–Trinajstić information content (AvgIpc) is 3.61. The molecule has 0 N–H and O–H groups in total. The van der Waals surface area contributed by atoms with Gasteiger partial charge in [-0.05, 0) is 42.5 Å². The smallest absolute Gasteiger partial charge is 0.160 e. The Kier molecular flexibility index (Phi) is 4.87. The minimum Gasteiger partial charge on any atom is -0.455 e. The van der Waals surface area contributed by atoms with Gasteiger partial charge in [-0.1, -0.05) is 97.1 Å². The number of nitrogens with zero attached hydrogens (tertiary/aromatic N) is 3. The van der Waals surface area contributed by atoms with Crippen LogP contribution in [0, 0.1) is 0 Å². The van der Waals surface area contributed by atoms with Gasteiger partial charge in [-0.25, -0.2) is 9.97 Å². The predicted octanol–water partition coefficient (Wildman–Crippen LogP) is 9.96. The maximum atomic E-state index is 6.93. The van der Waals surface area contributed by atoms with Crippen LogP contribution in [0.3, 0.4) is 0 Å². The second-order valence-corrected chi connectivity index (χ2v) is 10.6. The molecule has 0 saturated heterocycles. The van der Waals surface area contributed by atoms with Gasteiger partial charge >= 0.3 is 0 Å². The maximum absolute atomic E-state index is 6.93. The van der Waals surface area contributed by atoms with Crippen molar-refractivity contribution < 1.29 is 4.42 Å². The quantitative estimate of drug-likeness (QED) is 0.225. The van der Waals surface area contributed by atoms with Gasteiger partial charge in [-0.2, -0.15) is 0 Å². The van der Waals surface area contributed by atoms with Crippen molar-refractivity contribution in [2.45, 2.75) is 0 Å². The first-order chi connectivity index (χ1) is 20.8. The van der Waals surface area contributed by atoms with E-state index in [1.54, 1.807) is 0 Å². The van der Waals surface area contributed by atoms with Crippen molar-refractivity contribution in [3.63, 3.8) is 0 Å². The van der Waals surface area contributed by atoms with Gasteiger partial charge in [0.05, 0.1) is 27.6 Å². The molecule has 9 rings (SSSR count). The van der Waals surface area contributed by atoms with E-state index in [9.17, 15) is 0 Å². The Balaban J connectivity index is 1.38. The van der Waals surface area contributed by atoms with E-state index in [2.05, 4.69) is 108 Å². The van der Waals surface area contributed by atoms with Crippen LogP contribution in [0.25, 0.3) is 83.0 Å². The molecule has 0 spiro atoms. The van der Waals surface area contributed by atoms with Crippen molar-refractivity contribution in [1.82, 2.24) is 14.5 Å². The molecule has 0 bridgehead atoms. The molecule has 0 atom stereocenters. The fourth-order valence-corrected chi connectivity index (χ4v) is 6.35. The van der Waals surface area contributed by atoms with Gasteiger partial charge in [-0.15, -0.1) is 0 Å². The van der Waals surface area contributed by atoms with Crippen LogP contribution >= 0.6 is 0 Å². The molecule has 0 aliphatic carbocycles. The van der Waals surface area contributed by atoms with Gasteiger partial charge < -0.3 is 8.98 Å². The summed E-state index contributed by atoms with van der Waals surface area (Å²) in [7, 11) is 0. The highest BCUT2D eigenvalue weighted by molar-refractivity contribution is 6.25. The Bertz CT molecular complexity index is 2460. The molecule has 196 valence electrons. The zero-order valence-corrected chi connectivity index (χ0v) is 22.5. The fraction of sp³-hybridized carbons (Fsp3) is 0. The van der Waals surface area contributed by atoms with Crippen LogP contribution in [-0.2, 0) is 0 Å². The third-order valence-electron chi connectivity index (χ3n) is 8.20.